The van der Waals surface area contributed by atoms with E-state index in [2.05, 4.69) is 22.1 Å². The van der Waals surface area contributed by atoms with Crippen molar-refractivity contribution in [2.75, 3.05) is 0 Å². The molecule has 0 amide bonds. The molecule has 15 heavy (non-hydrogen) atoms. The lowest BCUT2D eigenvalue weighted by Crippen LogP contribution is -2.14. The zero-order valence-corrected chi connectivity index (χ0v) is 9.67. The highest BCUT2D eigenvalue weighted by atomic mass is 32.2. The number of carboxylic acid groups (broad SMARTS) is 1. The Balaban J connectivity index is 2.59. The molecular weight excluding hydrogens is 214 g/mol. The first kappa shape index (κ1) is 12.0. The van der Waals surface area contributed by atoms with Gasteiger partial charge in [-0.1, -0.05) is 25.6 Å². The Morgan fingerprint density at radius 3 is 2.87 bits per heavy atom. The van der Waals surface area contributed by atoms with E-state index in [0.717, 1.165) is 18.7 Å². The second-order valence-corrected chi connectivity index (χ2v) is 4.34. The van der Waals surface area contributed by atoms with Crippen LogP contribution in [0.4, 0.5) is 0 Å². The van der Waals surface area contributed by atoms with E-state index < -0.39 is 11.2 Å². The molecule has 0 aliphatic heterocycles. The van der Waals surface area contributed by atoms with Gasteiger partial charge >= 0.3 is 5.97 Å². The van der Waals surface area contributed by atoms with Crippen LogP contribution in [0.2, 0.25) is 0 Å². The molecule has 1 heterocycles. The molecule has 0 unspecified atom stereocenters. The van der Waals surface area contributed by atoms with Crippen molar-refractivity contribution in [1.82, 2.24) is 15.2 Å². The van der Waals surface area contributed by atoms with Gasteiger partial charge in [-0.2, -0.15) is 0 Å². The van der Waals surface area contributed by atoms with Crippen LogP contribution in [-0.2, 0) is 11.2 Å². The predicted octanol–water partition coefficient (Wildman–Crippen LogP) is 1.71. The van der Waals surface area contributed by atoms with Crippen molar-refractivity contribution < 1.29 is 9.90 Å². The van der Waals surface area contributed by atoms with Crippen LogP contribution >= 0.6 is 11.8 Å². The summed E-state index contributed by atoms with van der Waals surface area (Å²) in [5.74, 6) is 0.00424. The van der Waals surface area contributed by atoms with E-state index in [-0.39, 0.29) is 0 Å². The summed E-state index contributed by atoms with van der Waals surface area (Å²) in [4.78, 5) is 15.0. The van der Waals surface area contributed by atoms with Crippen LogP contribution in [0.1, 0.15) is 32.5 Å². The fraction of sp³-hybridized carbons (Fsp3) is 0.667. The molecule has 2 N–H and O–H groups in total. The van der Waals surface area contributed by atoms with Crippen molar-refractivity contribution in [3.63, 3.8) is 0 Å². The summed E-state index contributed by atoms with van der Waals surface area (Å²) in [5, 5.41) is 15.7. The van der Waals surface area contributed by atoms with Crippen molar-refractivity contribution in [3.05, 3.63) is 5.82 Å². The van der Waals surface area contributed by atoms with Crippen molar-refractivity contribution in [3.8, 4) is 0 Å². The molecule has 1 atom stereocenters. The number of aryl methyl sites for hydroxylation is 1. The SMILES string of the molecule is CCCc1nc(S[C@@H](CC)C(=O)O)n[nH]1. The highest BCUT2D eigenvalue weighted by Crippen LogP contribution is 2.21. The van der Waals surface area contributed by atoms with Crippen LogP contribution in [0, 0.1) is 0 Å². The Labute approximate surface area is 92.7 Å². The number of aromatic nitrogens is 3. The van der Waals surface area contributed by atoms with E-state index >= 15 is 0 Å². The van der Waals surface area contributed by atoms with E-state index in [0.29, 0.717) is 11.6 Å². The maximum Gasteiger partial charge on any atom is 0.317 e. The molecule has 84 valence electrons. The molecule has 0 saturated heterocycles. The summed E-state index contributed by atoms with van der Waals surface area (Å²) in [5.41, 5.74) is 0. The van der Waals surface area contributed by atoms with Crippen LogP contribution < -0.4 is 0 Å². The third-order valence-electron chi connectivity index (χ3n) is 1.89. The second kappa shape index (κ2) is 5.75. The van der Waals surface area contributed by atoms with E-state index in [4.69, 9.17) is 5.11 Å². The number of H-pyrrole nitrogens is 1. The number of aliphatic carboxylic acids is 1. The monoisotopic (exact) mass is 229 g/mol. The maximum absolute atomic E-state index is 10.8. The quantitative estimate of drug-likeness (QED) is 0.726. The standard InChI is InChI=1S/C9H15N3O2S/c1-3-5-7-10-9(12-11-7)15-6(4-2)8(13)14/h6H,3-5H2,1-2H3,(H,13,14)(H,10,11,12)/t6-/m0/s1. The van der Waals surface area contributed by atoms with Gasteiger partial charge in [-0.25, -0.2) is 4.98 Å². The minimum atomic E-state index is -0.815. The largest absolute Gasteiger partial charge is 0.480 e. The molecule has 6 heteroatoms. The molecule has 1 rings (SSSR count). The van der Waals surface area contributed by atoms with Gasteiger partial charge in [0.2, 0.25) is 5.16 Å². The molecule has 1 aromatic heterocycles. The van der Waals surface area contributed by atoms with Gasteiger partial charge in [-0.3, -0.25) is 9.89 Å². The number of hydrogen-bond donors (Lipinski definition) is 2. The van der Waals surface area contributed by atoms with Crippen LogP contribution in [-0.4, -0.2) is 31.5 Å². The first-order chi connectivity index (χ1) is 7.17. The van der Waals surface area contributed by atoms with Gasteiger partial charge in [-0.15, -0.1) is 5.10 Å². The predicted molar refractivity (Wildman–Crippen MR) is 57.9 cm³/mol. The molecule has 0 saturated carbocycles. The normalized spacial score (nSPS) is 12.7. The number of nitrogens with one attached hydrogen (secondary N) is 1. The number of carboxylic acids is 1. The summed E-state index contributed by atoms with van der Waals surface area (Å²) in [6.07, 6.45) is 2.41. The summed E-state index contributed by atoms with van der Waals surface area (Å²) in [6.45, 7) is 3.90. The number of nitrogens with zero attached hydrogens (tertiary/aromatic N) is 2. The molecule has 0 aliphatic rings. The average Bonchev–Trinajstić information content (AvgIpc) is 2.62. The summed E-state index contributed by atoms with van der Waals surface area (Å²) in [6, 6.07) is 0. The van der Waals surface area contributed by atoms with E-state index in [1.54, 1.807) is 0 Å². The van der Waals surface area contributed by atoms with Gasteiger partial charge < -0.3 is 5.11 Å². The van der Waals surface area contributed by atoms with E-state index in [9.17, 15) is 4.79 Å². The Bertz CT molecular complexity index is 327. The smallest absolute Gasteiger partial charge is 0.317 e. The van der Waals surface area contributed by atoms with Crippen molar-refractivity contribution >= 4 is 17.7 Å². The fourth-order valence-corrected chi connectivity index (χ4v) is 1.90. The fourth-order valence-electron chi connectivity index (χ4n) is 1.11. The van der Waals surface area contributed by atoms with Gasteiger partial charge in [0.05, 0.1) is 0 Å². The molecule has 0 aliphatic carbocycles. The number of rotatable bonds is 6. The third-order valence-corrected chi connectivity index (χ3v) is 3.10. The van der Waals surface area contributed by atoms with Crippen LogP contribution in [0.15, 0.2) is 5.16 Å². The summed E-state index contributed by atoms with van der Waals surface area (Å²) < 4.78 is 0. The van der Waals surface area contributed by atoms with Gasteiger partial charge in [0, 0.05) is 6.42 Å². The zero-order chi connectivity index (χ0) is 11.3. The highest BCUT2D eigenvalue weighted by Gasteiger charge is 2.18. The van der Waals surface area contributed by atoms with Gasteiger partial charge in [0.1, 0.15) is 11.1 Å². The van der Waals surface area contributed by atoms with Crippen molar-refractivity contribution in [2.24, 2.45) is 0 Å². The lowest BCUT2D eigenvalue weighted by molar-refractivity contribution is -0.136. The van der Waals surface area contributed by atoms with Crippen LogP contribution in [0.25, 0.3) is 0 Å². The van der Waals surface area contributed by atoms with Crippen molar-refractivity contribution in [1.29, 1.82) is 0 Å². The van der Waals surface area contributed by atoms with E-state index in [1.165, 1.54) is 11.8 Å². The highest BCUT2D eigenvalue weighted by molar-refractivity contribution is 8.00. The van der Waals surface area contributed by atoms with E-state index in [1.807, 2.05) is 6.92 Å². The summed E-state index contributed by atoms with van der Waals surface area (Å²) >= 11 is 1.19. The Hall–Kier alpha value is -1.04. The van der Waals surface area contributed by atoms with Crippen LogP contribution in [0.3, 0.4) is 0 Å². The second-order valence-electron chi connectivity index (χ2n) is 3.17. The van der Waals surface area contributed by atoms with Crippen molar-refractivity contribution in [2.45, 2.75) is 43.5 Å². The zero-order valence-electron chi connectivity index (χ0n) is 8.86. The molecule has 1 aromatic rings. The number of hydrogen-bond acceptors (Lipinski definition) is 4. The molecule has 0 radical (unpaired) electrons. The minimum Gasteiger partial charge on any atom is -0.480 e. The number of carbonyl (C=O) groups is 1. The first-order valence-corrected chi connectivity index (χ1v) is 5.86. The lowest BCUT2D eigenvalue weighted by Gasteiger charge is -2.04. The lowest BCUT2D eigenvalue weighted by atomic mass is 10.3. The minimum absolute atomic E-state index is 0.463. The number of thioether (sulfide) groups is 1. The molecular formula is C9H15N3O2S. The summed E-state index contributed by atoms with van der Waals surface area (Å²) in [7, 11) is 0. The molecule has 0 spiro atoms. The molecule has 5 nitrogen and oxygen atoms in total. The Morgan fingerprint density at radius 1 is 1.60 bits per heavy atom. The third kappa shape index (κ3) is 3.54. The van der Waals surface area contributed by atoms with Gasteiger partial charge in [0.15, 0.2) is 0 Å². The maximum atomic E-state index is 10.8. The molecule has 0 aromatic carbocycles. The average molecular weight is 229 g/mol. The first-order valence-electron chi connectivity index (χ1n) is 4.98. The van der Waals surface area contributed by atoms with Gasteiger partial charge in [-0.05, 0) is 12.8 Å². The Morgan fingerprint density at radius 2 is 2.33 bits per heavy atom. The molecule has 0 bridgehead atoms. The Kier molecular flexibility index (Phi) is 4.61. The van der Waals surface area contributed by atoms with Gasteiger partial charge in [0.25, 0.3) is 0 Å². The molecule has 0 fully saturated rings. The number of aromatic amines is 1. The van der Waals surface area contributed by atoms with Crippen LogP contribution in [0.5, 0.6) is 0 Å². The topological polar surface area (TPSA) is 78.9 Å².